The van der Waals surface area contributed by atoms with Crippen molar-refractivity contribution in [1.82, 2.24) is 9.88 Å². The molecule has 1 aromatic rings. The zero-order valence-corrected chi connectivity index (χ0v) is 10.9. The Bertz CT molecular complexity index is 340. The Hall–Kier alpha value is -0.610. The number of halogens is 2. The van der Waals surface area contributed by atoms with Crippen LogP contribution in [0, 0.1) is 0 Å². The highest BCUT2D eigenvalue weighted by Crippen LogP contribution is 2.09. The molecule has 1 aromatic heterocycles. The minimum absolute atomic E-state index is 0.0991. The highest BCUT2D eigenvalue weighted by atomic mass is 79.9. The zero-order valence-electron chi connectivity index (χ0n) is 8.58. The third kappa shape index (κ3) is 3.80. The topological polar surface area (TPSA) is 33.2 Å². The van der Waals surface area contributed by atoms with Crippen molar-refractivity contribution >= 4 is 33.4 Å². The Morgan fingerprint density at radius 2 is 2.33 bits per heavy atom. The summed E-state index contributed by atoms with van der Waals surface area (Å²) in [6, 6.07) is 3.28. The van der Waals surface area contributed by atoms with Crippen molar-refractivity contribution < 1.29 is 4.79 Å². The quantitative estimate of drug-likeness (QED) is 0.802. The molecule has 0 aliphatic carbocycles. The Morgan fingerprint density at radius 1 is 1.67 bits per heavy atom. The minimum Gasteiger partial charge on any atom is -0.339 e. The van der Waals surface area contributed by atoms with Gasteiger partial charge in [-0.15, -0.1) is 0 Å². The van der Waals surface area contributed by atoms with Crippen LogP contribution in [0.1, 0.15) is 17.4 Å². The molecule has 0 radical (unpaired) electrons. The van der Waals surface area contributed by atoms with Crippen LogP contribution in [0.15, 0.2) is 18.3 Å². The first-order chi connectivity index (χ1) is 7.00. The normalized spacial score (nSPS) is 12.3. The predicted molar refractivity (Wildman–Crippen MR) is 64.6 cm³/mol. The summed E-state index contributed by atoms with van der Waals surface area (Å²) in [5.41, 5.74) is 0.412. The molecule has 1 atom stereocenters. The van der Waals surface area contributed by atoms with E-state index >= 15 is 0 Å². The number of hydrogen-bond acceptors (Lipinski definition) is 2. The summed E-state index contributed by atoms with van der Waals surface area (Å²) in [5, 5.41) is 0.531. The molecule has 3 nitrogen and oxygen atoms in total. The van der Waals surface area contributed by atoms with Crippen LogP contribution in [0.25, 0.3) is 0 Å². The standard InChI is InChI=1S/C10H12BrClN2O/c1-7(11)6-14(2)10(15)9-4-3-8(12)5-13-9/h3-5,7H,6H2,1-2H3. The second-order valence-electron chi connectivity index (χ2n) is 3.33. The molecular weight excluding hydrogens is 279 g/mol. The van der Waals surface area contributed by atoms with Crippen LogP contribution < -0.4 is 0 Å². The highest BCUT2D eigenvalue weighted by molar-refractivity contribution is 9.09. The fourth-order valence-electron chi connectivity index (χ4n) is 1.16. The molecule has 5 heteroatoms. The fourth-order valence-corrected chi connectivity index (χ4v) is 1.70. The number of alkyl halides is 1. The number of nitrogens with zero attached hydrogens (tertiary/aromatic N) is 2. The lowest BCUT2D eigenvalue weighted by molar-refractivity contribution is 0.0791. The van der Waals surface area contributed by atoms with E-state index in [0.29, 0.717) is 17.3 Å². The molecule has 0 N–H and O–H groups in total. The summed E-state index contributed by atoms with van der Waals surface area (Å²) < 4.78 is 0. The Balaban J connectivity index is 2.72. The van der Waals surface area contributed by atoms with E-state index in [4.69, 9.17) is 11.6 Å². The van der Waals surface area contributed by atoms with Gasteiger partial charge in [-0.05, 0) is 12.1 Å². The summed E-state index contributed by atoms with van der Waals surface area (Å²) in [6.07, 6.45) is 1.47. The van der Waals surface area contributed by atoms with E-state index in [1.165, 1.54) is 6.20 Å². The maximum Gasteiger partial charge on any atom is 0.272 e. The molecule has 0 aliphatic heterocycles. The minimum atomic E-state index is -0.0991. The lowest BCUT2D eigenvalue weighted by atomic mass is 10.3. The average molecular weight is 292 g/mol. The van der Waals surface area contributed by atoms with Gasteiger partial charge < -0.3 is 4.90 Å². The van der Waals surface area contributed by atoms with Crippen molar-refractivity contribution in [1.29, 1.82) is 0 Å². The average Bonchev–Trinajstić information content (AvgIpc) is 2.17. The van der Waals surface area contributed by atoms with Gasteiger partial charge in [-0.2, -0.15) is 0 Å². The van der Waals surface area contributed by atoms with Crippen LogP contribution in [0.3, 0.4) is 0 Å². The van der Waals surface area contributed by atoms with Crippen LogP contribution in [0.4, 0.5) is 0 Å². The van der Waals surface area contributed by atoms with Gasteiger partial charge in [-0.3, -0.25) is 4.79 Å². The second-order valence-corrected chi connectivity index (χ2v) is 5.33. The maximum atomic E-state index is 11.8. The van der Waals surface area contributed by atoms with E-state index in [1.54, 1.807) is 24.1 Å². The smallest absolute Gasteiger partial charge is 0.272 e. The van der Waals surface area contributed by atoms with E-state index in [2.05, 4.69) is 20.9 Å². The van der Waals surface area contributed by atoms with Gasteiger partial charge >= 0.3 is 0 Å². The molecule has 1 rings (SSSR count). The summed E-state index contributed by atoms with van der Waals surface area (Å²) in [4.78, 5) is 17.6. The van der Waals surface area contributed by atoms with Gasteiger partial charge in [0.1, 0.15) is 5.69 Å². The van der Waals surface area contributed by atoms with Crippen molar-refractivity contribution in [2.75, 3.05) is 13.6 Å². The number of hydrogen-bond donors (Lipinski definition) is 0. The van der Waals surface area contributed by atoms with Gasteiger partial charge in [0.05, 0.1) is 5.02 Å². The first kappa shape index (κ1) is 12.5. The van der Waals surface area contributed by atoms with E-state index in [1.807, 2.05) is 6.92 Å². The number of rotatable bonds is 3. The molecule has 0 saturated carbocycles. The van der Waals surface area contributed by atoms with Crippen LogP contribution in [-0.4, -0.2) is 34.2 Å². The summed E-state index contributed by atoms with van der Waals surface area (Å²) in [7, 11) is 1.75. The van der Waals surface area contributed by atoms with Crippen LogP contribution in [0.5, 0.6) is 0 Å². The van der Waals surface area contributed by atoms with Gasteiger partial charge in [-0.25, -0.2) is 4.98 Å². The van der Waals surface area contributed by atoms with Crippen molar-refractivity contribution in [2.24, 2.45) is 0 Å². The Kier molecular flexibility index (Phi) is 4.54. The maximum absolute atomic E-state index is 11.8. The zero-order chi connectivity index (χ0) is 11.4. The van der Waals surface area contributed by atoms with Crippen LogP contribution in [0.2, 0.25) is 5.02 Å². The third-order valence-electron chi connectivity index (χ3n) is 1.82. The van der Waals surface area contributed by atoms with Crippen LogP contribution in [-0.2, 0) is 0 Å². The van der Waals surface area contributed by atoms with Crippen molar-refractivity contribution in [3.05, 3.63) is 29.0 Å². The summed E-state index contributed by atoms with van der Waals surface area (Å²) in [6.45, 7) is 2.63. The van der Waals surface area contributed by atoms with E-state index in [9.17, 15) is 4.79 Å². The number of aromatic nitrogens is 1. The summed E-state index contributed by atoms with van der Waals surface area (Å²) >= 11 is 9.08. The van der Waals surface area contributed by atoms with Gasteiger partial charge in [-0.1, -0.05) is 34.5 Å². The molecule has 0 fully saturated rings. The Labute approximate surface area is 103 Å². The Morgan fingerprint density at radius 3 is 2.80 bits per heavy atom. The van der Waals surface area contributed by atoms with E-state index < -0.39 is 0 Å². The SMILES string of the molecule is CC(Br)CN(C)C(=O)c1ccc(Cl)cn1. The molecule has 1 amide bonds. The largest absolute Gasteiger partial charge is 0.339 e. The van der Waals surface area contributed by atoms with Crippen molar-refractivity contribution in [2.45, 2.75) is 11.8 Å². The molecule has 0 spiro atoms. The highest BCUT2D eigenvalue weighted by Gasteiger charge is 2.13. The molecule has 15 heavy (non-hydrogen) atoms. The molecule has 82 valence electrons. The lowest BCUT2D eigenvalue weighted by Crippen LogP contribution is -2.31. The first-order valence-corrected chi connectivity index (χ1v) is 5.81. The number of carbonyl (C=O) groups excluding carboxylic acids is 1. The van der Waals surface area contributed by atoms with Gasteiger partial charge in [0.25, 0.3) is 5.91 Å². The monoisotopic (exact) mass is 290 g/mol. The molecule has 1 unspecified atom stereocenters. The predicted octanol–water partition coefficient (Wildman–Crippen LogP) is 2.59. The molecular formula is C10H12BrClN2O. The number of carbonyl (C=O) groups is 1. The van der Waals surface area contributed by atoms with Gasteiger partial charge in [0.15, 0.2) is 0 Å². The van der Waals surface area contributed by atoms with Crippen molar-refractivity contribution in [3.63, 3.8) is 0 Å². The third-order valence-corrected chi connectivity index (χ3v) is 2.33. The van der Waals surface area contributed by atoms with Gasteiger partial charge in [0.2, 0.25) is 0 Å². The van der Waals surface area contributed by atoms with Gasteiger partial charge in [0, 0.05) is 24.6 Å². The molecule has 1 heterocycles. The summed E-state index contributed by atoms with van der Waals surface area (Å²) in [5.74, 6) is -0.0991. The molecule has 0 bridgehead atoms. The lowest BCUT2D eigenvalue weighted by Gasteiger charge is -2.17. The fraction of sp³-hybridized carbons (Fsp3) is 0.400. The number of amides is 1. The molecule has 0 aliphatic rings. The van der Waals surface area contributed by atoms with E-state index in [-0.39, 0.29) is 10.7 Å². The second kappa shape index (κ2) is 5.47. The number of pyridine rings is 1. The van der Waals surface area contributed by atoms with Crippen LogP contribution >= 0.6 is 27.5 Å². The van der Waals surface area contributed by atoms with E-state index in [0.717, 1.165) is 0 Å². The molecule has 0 aromatic carbocycles. The first-order valence-electron chi connectivity index (χ1n) is 4.52. The molecule has 0 saturated heterocycles. The van der Waals surface area contributed by atoms with Crippen molar-refractivity contribution in [3.8, 4) is 0 Å².